The van der Waals surface area contributed by atoms with Gasteiger partial charge in [-0.3, -0.25) is 9.59 Å². The van der Waals surface area contributed by atoms with Crippen molar-refractivity contribution >= 4 is 23.3 Å². The van der Waals surface area contributed by atoms with Crippen LogP contribution in [0.25, 0.3) is 0 Å². The fourth-order valence-electron chi connectivity index (χ4n) is 5.52. The highest BCUT2D eigenvalue weighted by Crippen LogP contribution is 2.40. The van der Waals surface area contributed by atoms with Gasteiger partial charge in [-0.2, -0.15) is 0 Å². The number of unbranched alkanes of at least 4 members (excludes halogenated alkanes) is 18. The van der Waals surface area contributed by atoms with Gasteiger partial charge in [0.25, 0.3) is 0 Å². The van der Waals surface area contributed by atoms with Crippen LogP contribution in [-0.4, -0.2) is 38.4 Å². The Morgan fingerprint density at radius 1 is 0.595 bits per heavy atom. The quantitative estimate of drug-likeness (QED) is 0.0770. The molecule has 0 atom stereocenters. The molecule has 2 heterocycles. The lowest BCUT2D eigenvalue weighted by molar-refractivity contribution is -0.153. The minimum absolute atomic E-state index is 0.0752. The monoisotopic (exact) mass is 608 g/mol. The van der Waals surface area contributed by atoms with Gasteiger partial charge in [0.1, 0.15) is 0 Å². The third kappa shape index (κ3) is 16.8. The lowest BCUT2D eigenvalue weighted by Crippen LogP contribution is -2.39. The zero-order valence-corrected chi connectivity index (χ0v) is 27.7. The summed E-state index contributed by atoms with van der Waals surface area (Å²) in [5, 5.41) is 3.77. The van der Waals surface area contributed by atoms with E-state index in [1.807, 2.05) is 10.8 Å². The molecule has 0 N–H and O–H groups in total. The molecule has 0 saturated carbocycles. The summed E-state index contributed by atoms with van der Waals surface area (Å²) < 4.78 is 23.2. The van der Waals surface area contributed by atoms with Crippen molar-refractivity contribution < 1.29 is 28.5 Å². The predicted molar refractivity (Wildman–Crippen MR) is 173 cm³/mol. The van der Waals surface area contributed by atoms with Crippen molar-refractivity contribution in [3.63, 3.8) is 0 Å². The van der Waals surface area contributed by atoms with Gasteiger partial charge in [0.2, 0.25) is 0 Å². The van der Waals surface area contributed by atoms with Crippen molar-refractivity contribution in [3.05, 3.63) is 10.8 Å². The molecule has 0 aliphatic carbocycles. The van der Waals surface area contributed by atoms with Gasteiger partial charge in [-0.25, -0.2) is 0 Å². The maximum absolute atomic E-state index is 12.9. The fourth-order valence-corrected chi connectivity index (χ4v) is 6.20. The molecule has 1 aromatic heterocycles. The highest BCUT2D eigenvalue weighted by Gasteiger charge is 2.41. The Morgan fingerprint density at radius 2 is 0.929 bits per heavy atom. The molecule has 0 bridgehead atoms. The van der Waals surface area contributed by atoms with Gasteiger partial charge in [0.05, 0.1) is 44.7 Å². The molecule has 2 rings (SSSR count). The van der Waals surface area contributed by atoms with E-state index in [4.69, 9.17) is 18.9 Å². The van der Waals surface area contributed by atoms with Crippen LogP contribution in [-0.2, 0) is 19.1 Å². The van der Waals surface area contributed by atoms with Crippen LogP contribution in [0.1, 0.15) is 155 Å². The molecule has 242 valence electrons. The van der Waals surface area contributed by atoms with E-state index in [0.29, 0.717) is 24.7 Å². The molecule has 0 amide bonds. The first-order valence-electron chi connectivity index (χ1n) is 17.2. The number of ether oxygens (including phenoxy) is 4. The summed E-state index contributed by atoms with van der Waals surface area (Å²) in [5.41, 5.74) is -0.805. The second-order valence-electron chi connectivity index (χ2n) is 12.3. The maximum atomic E-state index is 12.9. The molecule has 7 heteroatoms. The van der Waals surface area contributed by atoms with Crippen LogP contribution in [0.15, 0.2) is 10.8 Å². The first-order chi connectivity index (χ1) is 20.6. The Kier molecular flexibility index (Phi) is 20.5. The number of hydrogen-bond acceptors (Lipinski definition) is 7. The molecule has 6 nitrogen and oxygen atoms in total. The largest absolute Gasteiger partial charge is 0.488 e. The topological polar surface area (TPSA) is 71.1 Å². The minimum Gasteiger partial charge on any atom is -0.488 e. The number of thiophene rings is 1. The van der Waals surface area contributed by atoms with Gasteiger partial charge in [0.15, 0.2) is 11.5 Å². The molecule has 0 spiro atoms. The molecule has 42 heavy (non-hydrogen) atoms. The van der Waals surface area contributed by atoms with E-state index in [1.54, 1.807) is 0 Å². The Morgan fingerprint density at radius 3 is 1.29 bits per heavy atom. The van der Waals surface area contributed by atoms with Crippen LogP contribution in [0, 0.1) is 5.41 Å². The molecule has 0 unspecified atom stereocenters. The Hall–Kier alpha value is -1.76. The molecular weight excluding hydrogens is 548 g/mol. The van der Waals surface area contributed by atoms with Crippen LogP contribution < -0.4 is 9.47 Å². The summed E-state index contributed by atoms with van der Waals surface area (Å²) in [6, 6.07) is 0. The first-order valence-corrected chi connectivity index (χ1v) is 18.2. The second-order valence-corrected chi connectivity index (χ2v) is 13.1. The summed E-state index contributed by atoms with van der Waals surface area (Å²) in [7, 11) is 0. The SMILES string of the molecule is CCCCCCCCCCCCOC(=O)CC1(CC(=O)OCCCCCCCCCCCC)COc2cscc2OC1. The number of rotatable bonds is 26. The van der Waals surface area contributed by atoms with Crippen LogP contribution in [0.3, 0.4) is 0 Å². The van der Waals surface area contributed by atoms with Gasteiger partial charge in [-0.15, -0.1) is 11.3 Å². The van der Waals surface area contributed by atoms with E-state index in [-0.39, 0.29) is 38.0 Å². The Bertz CT molecular complexity index is 758. The maximum Gasteiger partial charge on any atom is 0.306 e. The highest BCUT2D eigenvalue weighted by molar-refractivity contribution is 7.08. The van der Waals surface area contributed by atoms with Crippen molar-refractivity contribution in [2.24, 2.45) is 5.41 Å². The van der Waals surface area contributed by atoms with Crippen molar-refractivity contribution in [2.45, 2.75) is 155 Å². The summed E-state index contributed by atoms with van der Waals surface area (Å²) in [4.78, 5) is 25.7. The number of carbonyl (C=O) groups is 2. The van der Waals surface area contributed by atoms with Crippen molar-refractivity contribution in [1.82, 2.24) is 0 Å². The predicted octanol–water partition coefficient (Wildman–Crippen LogP) is 10.2. The molecule has 1 aliphatic rings. The molecular formula is C35H60O6S. The van der Waals surface area contributed by atoms with Crippen LogP contribution in [0.5, 0.6) is 11.5 Å². The van der Waals surface area contributed by atoms with E-state index >= 15 is 0 Å². The van der Waals surface area contributed by atoms with E-state index in [1.165, 1.54) is 114 Å². The normalized spacial score (nSPS) is 14.0. The van der Waals surface area contributed by atoms with E-state index in [2.05, 4.69) is 13.8 Å². The highest BCUT2D eigenvalue weighted by atomic mass is 32.1. The fraction of sp³-hybridized carbons (Fsp3) is 0.829. The van der Waals surface area contributed by atoms with E-state index in [9.17, 15) is 9.59 Å². The zero-order valence-electron chi connectivity index (χ0n) is 26.9. The lowest BCUT2D eigenvalue weighted by atomic mass is 9.82. The molecule has 1 aliphatic heterocycles. The Balaban J connectivity index is 1.66. The smallest absolute Gasteiger partial charge is 0.306 e. The van der Waals surface area contributed by atoms with Gasteiger partial charge in [-0.05, 0) is 12.8 Å². The molecule has 0 fully saturated rings. The van der Waals surface area contributed by atoms with Crippen molar-refractivity contribution in [3.8, 4) is 11.5 Å². The number of hydrogen-bond donors (Lipinski definition) is 0. The molecule has 0 saturated heterocycles. The third-order valence-corrected chi connectivity index (χ3v) is 8.92. The molecule has 1 aromatic rings. The van der Waals surface area contributed by atoms with E-state index < -0.39 is 5.41 Å². The van der Waals surface area contributed by atoms with Crippen LogP contribution in [0.4, 0.5) is 0 Å². The Labute approximate surface area is 260 Å². The van der Waals surface area contributed by atoms with Gasteiger partial charge in [0, 0.05) is 10.8 Å². The molecule has 0 aromatic carbocycles. The van der Waals surface area contributed by atoms with Crippen molar-refractivity contribution in [2.75, 3.05) is 26.4 Å². The zero-order chi connectivity index (χ0) is 30.1. The lowest BCUT2D eigenvalue weighted by Gasteiger charge is -2.29. The van der Waals surface area contributed by atoms with Crippen LogP contribution >= 0.6 is 11.3 Å². The average Bonchev–Trinajstić information content (AvgIpc) is 3.37. The van der Waals surface area contributed by atoms with Gasteiger partial charge in [-0.1, -0.05) is 129 Å². The van der Waals surface area contributed by atoms with Gasteiger partial charge >= 0.3 is 11.9 Å². The number of fused-ring (bicyclic) bond motifs is 1. The van der Waals surface area contributed by atoms with Crippen molar-refractivity contribution in [1.29, 1.82) is 0 Å². The second kappa shape index (κ2) is 23.7. The summed E-state index contributed by atoms with van der Waals surface area (Å²) >= 11 is 1.51. The summed E-state index contributed by atoms with van der Waals surface area (Å²) in [6.07, 6.45) is 24.9. The third-order valence-electron chi connectivity index (χ3n) is 8.22. The minimum atomic E-state index is -0.805. The number of esters is 2. The standard InChI is InChI=1S/C35H60O6S/c1-3-5-7-9-11-13-15-17-19-21-23-38-33(36)25-35(29-40-31-27-42-28-32(31)41-30-35)26-34(37)39-24-22-20-18-16-14-12-10-8-6-4-2/h27-28H,3-26,29-30H2,1-2H3. The van der Waals surface area contributed by atoms with Crippen LogP contribution in [0.2, 0.25) is 0 Å². The first kappa shape index (κ1) is 36.4. The molecule has 0 radical (unpaired) electrons. The summed E-state index contributed by atoms with van der Waals surface area (Å²) in [6.45, 7) is 5.78. The van der Waals surface area contributed by atoms with Gasteiger partial charge < -0.3 is 18.9 Å². The number of carbonyl (C=O) groups excluding carboxylic acids is 2. The van der Waals surface area contributed by atoms with E-state index in [0.717, 1.165) is 25.7 Å². The average molecular weight is 609 g/mol. The summed E-state index contributed by atoms with van der Waals surface area (Å²) in [5.74, 6) is 0.730.